The van der Waals surface area contributed by atoms with Crippen molar-refractivity contribution < 1.29 is 17.2 Å². The van der Waals surface area contributed by atoms with Crippen molar-refractivity contribution in [2.24, 2.45) is 0 Å². The molecule has 1 aromatic carbocycles. The molecule has 9 heteroatoms. The van der Waals surface area contributed by atoms with Gasteiger partial charge in [-0.1, -0.05) is 15.9 Å². The lowest BCUT2D eigenvalue weighted by molar-refractivity contribution is 0.461. The molecule has 1 aromatic rings. The van der Waals surface area contributed by atoms with Crippen molar-refractivity contribution in [1.82, 2.24) is 9.62 Å². The number of nitrogens with one attached hydrogen (secondary N) is 2. The van der Waals surface area contributed by atoms with Crippen molar-refractivity contribution >= 4 is 31.8 Å². The topological polar surface area (TPSA) is 61.4 Å². The maximum absolute atomic E-state index is 13.6. The Morgan fingerprint density at radius 2 is 1.85 bits per heavy atom. The quantitative estimate of drug-likeness (QED) is 0.719. The average Bonchev–Trinajstić information content (AvgIpc) is 2.34. The third kappa shape index (κ3) is 4.65. The van der Waals surface area contributed by atoms with Crippen LogP contribution in [0.3, 0.4) is 0 Å². The molecule has 0 saturated heterocycles. The van der Waals surface area contributed by atoms with Crippen LogP contribution in [-0.2, 0) is 10.2 Å². The number of hydrogen-bond donors (Lipinski definition) is 2. The summed E-state index contributed by atoms with van der Waals surface area (Å²) in [6.45, 7) is 0.872. The van der Waals surface area contributed by atoms with E-state index in [1.54, 1.807) is 7.05 Å². The third-order valence-electron chi connectivity index (χ3n) is 2.55. The number of hydrogen-bond acceptors (Lipinski definition) is 3. The summed E-state index contributed by atoms with van der Waals surface area (Å²) in [6, 6.07) is 1.98. The molecule has 0 fully saturated rings. The SMILES string of the molecule is CNCCCN(C)S(=O)(=O)Nc1c(F)cc(Br)cc1F. The van der Waals surface area contributed by atoms with Gasteiger partial charge in [0.15, 0.2) is 11.6 Å². The van der Waals surface area contributed by atoms with Crippen LogP contribution in [0, 0.1) is 11.6 Å². The molecule has 0 atom stereocenters. The van der Waals surface area contributed by atoms with Gasteiger partial charge in [0.05, 0.1) is 0 Å². The molecule has 0 aromatic heterocycles. The van der Waals surface area contributed by atoms with Gasteiger partial charge in [0, 0.05) is 18.1 Å². The van der Waals surface area contributed by atoms with Crippen molar-refractivity contribution in [3.63, 3.8) is 0 Å². The van der Waals surface area contributed by atoms with Crippen LogP contribution >= 0.6 is 15.9 Å². The Balaban J connectivity index is 2.86. The summed E-state index contributed by atoms with van der Waals surface area (Å²) in [5, 5.41) is 2.88. The molecule has 0 heterocycles. The summed E-state index contributed by atoms with van der Waals surface area (Å²) < 4.78 is 54.2. The molecule has 0 unspecified atom stereocenters. The lowest BCUT2D eigenvalue weighted by Gasteiger charge is -2.18. The zero-order chi connectivity index (χ0) is 15.3. The van der Waals surface area contributed by atoms with Crippen LogP contribution in [0.1, 0.15) is 6.42 Å². The van der Waals surface area contributed by atoms with Crippen LogP contribution in [-0.4, -0.2) is 39.9 Å². The molecule has 0 bridgehead atoms. The van der Waals surface area contributed by atoms with E-state index < -0.39 is 27.5 Å². The Hall–Kier alpha value is -0.770. The number of rotatable bonds is 7. The first-order valence-corrected chi connectivity index (χ1v) is 8.04. The smallest absolute Gasteiger partial charge is 0.301 e. The molecule has 20 heavy (non-hydrogen) atoms. The minimum atomic E-state index is -3.99. The predicted octanol–water partition coefficient (Wildman–Crippen LogP) is 1.93. The fourth-order valence-corrected chi connectivity index (χ4v) is 2.83. The second kappa shape index (κ2) is 7.30. The van der Waals surface area contributed by atoms with E-state index in [1.807, 2.05) is 4.72 Å². The Kier molecular flexibility index (Phi) is 6.31. The number of nitrogens with zero attached hydrogens (tertiary/aromatic N) is 1. The maximum atomic E-state index is 13.6. The van der Waals surface area contributed by atoms with E-state index in [0.717, 1.165) is 16.4 Å². The molecule has 0 radical (unpaired) electrons. The monoisotopic (exact) mass is 371 g/mol. The summed E-state index contributed by atoms with van der Waals surface area (Å²) >= 11 is 2.92. The van der Waals surface area contributed by atoms with Crippen molar-refractivity contribution in [3.05, 3.63) is 28.2 Å². The number of benzene rings is 1. The van der Waals surface area contributed by atoms with E-state index in [-0.39, 0.29) is 11.0 Å². The highest BCUT2D eigenvalue weighted by molar-refractivity contribution is 9.10. The third-order valence-corrected chi connectivity index (χ3v) is 4.47. The molecule has 114 valence electrons. The van der Waals surface area contributed by atoms with E-state index in [0.29, 0.717) is 13.0 Å². The highest BCUT2D eigenvalue weighted by atomic mass is 79.9. The molecular formula is C11H16BrF2N3O2S. The van der Waals surface area contributed by atoms with Gasteiger partial charge in [0.25, 0.3) is 0 Å². The summed E-state index contributed by atoms with van der Waals surface area (Å²) in [7, 11) is -0.902. The van der Waals surface area contributed by atoms with E-state index in [2.05, 4.69) is 21.2 Å². The first kappa shape index (κ1) is 17.3. The molecule has 5 nitrogen and oxygen atoms in total. The maximum Gasteiger partial charge on any atom is 0.301 e. The average molecular weight is 372 g/mol. The molecule has 1 rings (SSSR count). The lowest BCUT2D eigenvalue weighted by Crippen LogP contribution is -2.34. The van der Waals surface area contributed by atoms with Crippen LogP contribution in [0.25, 0.3) is 0 Å². The fourth-order valence-electron chi connectivity index (χ4n) is 1.45. The first-order chi connectivity index (χ1) is 9.27. The Morgan fingerprint density at radius 3 is 2.35 bits per heavy atom. The van der Waals surface area contributed by atoms with Crippen LogP contribution in [0.5, 0.6) is 0 Å². The minimum Gasteiger partial charge on any atom is -0.320 e. The zero-order valence-electron chi connectivity index (χ0n) is 11.1. The van der Waals surface area contributed by atoms with Gasteiger partial charge in [-0.25, -0.2) is 8.78 Å². The lowest BCUT2D eigenvalue weighted by atomic mass is 10.3. The second-order valence-corrected chi connectivity index (χ2v) is 6.82. The van der Waals surface area contributed by atoms with Gasteiger partial charge in [0.2, 0.25) is 0 Å². The molecule has 0 aliphatic heterocycles. The van der Waals surface area contributed by atoms with Gasteiger partial charge < -0.3 is 5.32 Å². The van der Waals surface area contributed by atoms with Crippen LogP contribution in [0.4, 0.5) is 14.5 Å². The van der Waals surface area contributed by atoms with Crippen molar-refractivity contribution in [2.45, 2.75) is 6.42 Å². The second-order valence-electron chi connectivity index (χ2n) is 4.13. The summed E-state index contributed by atoms with van der Waals surface area (Å²) in [4.78, 5) is 0. The summed E-state index contributed by atoms with van der Waals surface area (Å²) in [5.74, 6) is -1.96. The van der Waals surface area contributed by atoms with E-state index in [9.17, 15) is 17.2 Å². The highest BCUT2D eigenvalue weighted by Gasteiger charge is 2.21. The van der Waals surface area contributed by atoms with Gasteiger partial charge >= 0.3 is 10.2 Å². The molecule has 0 aliphatic carbocycles. The Bertz CT molecular complexity index is 546. The minimum absolute atomic E-state index is 0.192. The predicted molar refractivity (Wildman–Crippen MR) is 77.8 cm³/mol. The van der Waals surface area contributed by atoms with E-state index in [4.69, 9.17) is 0 Å². The standard InChI is InChI=1S/C11H16BrF2N3O2S/c1-15-4-3-5-17(2)20(18,19)16-11-9(13)6-8(12)7-10(11)14/h6-7,15-16H,3-5H2,1-2H3. The normalized spacial score (nSPS) is 11.9. The van der Waals surface area contributed by atoms with E-state index in [1.165, 1.54) is 7.05 Å². The molecule has 0 saturated carbocycles. The highest BCUT2D eigenvalue weighted by Crippen LogP contribution is 2.25. The van der Waals surface area contributed by atoms with Crippen molar-refractivity contribution in [1.29, 1.82) is 0 Å². The summed E-state index contributed by atoms with van der Waals surface area (Å²) in [6.07, 6.45) is 0.583. The molecular weight excluding hydrogens is 356 g/mol. The van der Waals surface area contributed by atoms with Crippen LogP contribution < -0.4 is 10.0 Å². The van der Waals surface area contributed by atoms with Crippen LogP contribution in [0.15, 0.2) is 16.6 Å². The van der Waals surface area contributed by atoms with Gasteiger partial charge in [-0.2, -0.15) is 12.7 Å². The first-order valence-electron chi connectivity index (χ1n) is 5.81. The largest absolute Gasteiger partial charge is 0.320 e. The molecule has 2 N–H and O–H groups in total. The van der Waals surface area contributed by atoms with Crippen molar-refractivity contribution in [2.75, 3.05) is 31.9 Å². The van der Waals surface area contributed by atoms with Gasteiger partial charge in [-0.05, 0) is 32.1 Å². The van der Waals surface area contributed by atoms with E-state index >= 15 is 0 Å². The Morgan fingerprint density at radius 1 is 1.30 bits per heavy atom. The fraction of sp³-hybridized carbons (Fsp3) is 0.455. The molecule has 0 spiro atoms. The Labute approximate surface area is 125 Å². The van der Waals surface area contributed by atoms with Crippen LogP contribution in [0.2, 0.25) is 0 Å². The van der Waals surface area contributed by atoms with Gasteiger partial charge in [-0.3, -0.25) is 4.72 Å². The zero-order valence-corrected chi connectivity index (χ0v) is 13.5. The molecule has 0 amide bonds. The summed E-state index contributed by atoms with van der Waals surface area (Å²) in [5.41, 5.74) is -0.686. The number of halogens is 3. The van der Waals surface area contributed by atoms with Crippen molar-refractivity contribution in [3.8, 4) is 0 Å². The molecule has 0 aliphatic rings. The van der Waals surface area contributed by atoms with Gasteiger partial charge in [0.1, 0.15) is 5.69 Å². The van der Waals surface area contributed by atoms with Gasteiger partial charge in [-0.15, -0.1) is 0 Å². The number of anilines is 1.